The van der Waals surface area contributed by atoms with Crippen molar-refractivity contribution in [1.82, 2.24) is 30.9 Å². The van der Waals surface area contributed by atoms with E-state index in [9.17, 15) is 13.5 Å². The number of ether oxygens (including phenoxy) is 1. The van der Waals surface area contributed by atoms with E-state index in [-0.39, 0.29) is 36.4 Å². The fraction of sp³-hybridized carbons (Fsp3) is 1.00. The highest BCUT2D eigenvalue weighted by atomic mass is 32.2. The number of hydrogen-bond acceptors (Lipinski definition) is 9. The molecule has 7 unspecified atom stereocenters. The number of aliphatic hydroxyl groups is 1. The van der Waals surface area contributed by atoms with Crippen LogP contribution in [0.3, 0.4) is 0 Å². The maximum absolute atomic E-state index is 13.3. The highest BCUT2D eigenvalue weighted by molar-refractivity contribution is 7.90. The van der Waals surface area contributed by atoms with Crippen molar-refractivity contribution in [2.24, 2.45) is 11.8 Å². The summed E-state index contributed by atoms with van der Waals surface area (Å²) in [5, 5.41) is 16.9. The van der Waals surface area contributed by atoms with Crippen molar-refractivity contribution >= 4 is 10.0 Å². The molecule has 0 aromatic heterocycles. The predicted octanol–water partition coefficient (Wildman–Crippen LogP) is -1.59. The van der Waals surface area contributed by atoms with Crippen molar-refractivity contribution in [2.45, 2.75) is 68.3 Å². The Bertz CT molecular complexity index is 695. The first kappa shape index (κ1) is 22.8. The second-order valence-corrected chi connectivity index (χ2v) is 11.4. The van der Waals surface area contributed by atoms with Crippen LogP contribution in [0.25, 0.3) is 0 Å². The van der Waals surface area contributed by atoms with Crippen molar-refractivity contribution in [2.75, 3.05) is 40.3 Å². The lowest BCUT2D eigenvalue weighted by atomic mass is 9.80. The molecule has 11 heteroatoms. The van der Waals surface area contributed by atoms with Crippen LogP contribution in [0.4, 0.5) is 0 Å². The van der Waals surface area contributed by atoms with E-state index in [1.807, 2.05) is 24.0 Å². The van der Waals surface area contributed by atoms with Gasteiger partial charge in [0.15, 0.2) is 0 Å². The van der Waals surface area contributed by atoms with Gasteiger partial charge in [0.1, 0.15) is 5.25 Å². The van der Waals surface area contributed by atoms with Crippen LogP contribution in [0.2, 0.25) is 0 Å². The van der Waals surface area contributed by atoms with Crippen LogP contribution in [-0.4, -0.2) is 99.6 Å². The van der Waals surface area contributed by atoms with Gasteiger partial charge in [-0.3, -0.25) is 10.9 Å². The van der Waals surface area contributed by atoms with Gasteiger partial charge in [0.2, 0.25) is 10.0 Å². The number of piperidine rings is 1. The molecule has 10 nitrogen and oxygen atoms in total. The van der Waals surface area contributed by atoms with Gasteiger partial charge in [-0.2, -0.15) is 0 Å². The summed E-state index contributed by atoms with van der Waals surface area (Å²) in [6.45, 7) is 4.35. The standard InChI is InChI=1S/C19H38N6O4S/c1-12(26)13-6-7-20-17(8-13)25-11-15(10-22-25)30(27,28)23-18-16(29-3)5-4-14-9-21-24(2)19(14)18/h12-23,26H,4-11H2,1-3H3/t12-,13?,14?,15?,16?,17?,18?,19?/m1/s1. The van der Waals surface area contributed by atoms with Crippen molar-refractivity contribution in [3.8, 4) is 0 Å². The molecule has 8 atom stereocenters. The van der Waals surface area contributed by atoms with Crippen LogP contribution < -0.4 is 20.9 Å². The van der Waals surface area contributed by atoms with Crippen molar-refractivity contribution < 1.29 is 18.3 Å². The van der Waals surface area contributed by atoms with Gasteiger partial charge in [0.05, 0.1) is 24.4 Å². The summed E-state index contributed by atoms with van der Waals surface area (Å²) in [6, 6.07) is -0.170. The van der Waals surface area contributed by atoms with Crippen molar-refractivity contribution in [3.05, 3.63) is 0 Å². The first-order chi connectivity index (χ1) is 14.3. The van der Waals surface area contributed by atoms with Crippen LogP contribution >= 0.6 is 0 Å². The predicted molar refractivity (Wildman–Crippen MR) is 114 cm³/mol. The van der Waals surface area contributed by atoms with Crippen LogP contribution in [0.5, 0.6) is 0 Å². The minimum absolute atomic E-state index is 0.0366. The van der Waals surface area contributed by atoms with Gasteiger partial charge in [-0.15, -0.1) is 0 Å². The molecule has 3 saturated heterocycles. The molecular formula is C19H38N6O4S. The molecule has 3 heterocycles. The van der Waals surface area contributed by atoms with E-state index in [0.29, 0.717) is 19.0 Å². The molecule has 0 amide bonds. The third-order valence-corrected chi connectivity index (χ3v) is 9.36. The Balaban J connectivity index is 1.41. The average molecular weight is 447 g/mol. The molecular weight excluding hydrogens is 408 g/mol. The Labute approximate surface area is 180 Å². The summed E-state index contributed by atoms with van der Waals surface area (Å²) in [6.07, 6.45) is 3.21. The number of fused-ring (bicyclic) bond motifs is 1. The number of nitrogens with one attached hydrogen (secondary N) is 4. The summed E-state index contributed by atoms with van der Waals surface area (Å²) in [7, 11) is 0.118. The molecule has 4 rings (SSSR count). The zero-order valence-electron chi connectivity index (χ0n) is 18.3. The molecule has 4 fully saturated rings. The lowest BCUT2D eigenvalue weighted by molar-refractivity contribution is 0.00327. The number of rotatable bonds is 6. The minimum Gasteiger partial charge on any atom is -0.393 e. The molecule has 1 saturated carbocycles. The third kappa shape index (κ3) is 4.55. The molecule has 30 heavy (non-hydrogen) atoms. The number of hydrogen-bond donors (Lipinski definition) is 5. The van der Waals surface area contributed by atoms with Crippen LogP contribution in [0.1, 0.15) is 32.6 Å². The summed E-state index contributed by atoms with van der Waals surface area (Å²) >= 11 is 0. The number of methoxy groups -OCH3 is 1. The average Bonchev–Trinajstić information content (AvgIpc) is 3.36. The molecule has 0 spiro atoms. The maximum Gasteiger partial charge on any atom is 0.217 e. The van der Waals surface area contributed by atoms with E-state index in [4.69, 9.17) is 4.74 Å². The Hall–Kier alpha value is -0.370. The molecule has 0 radical (unpaired) electrons. The molecule has 174 valence electrons. The van der Waals surface area contributed by atoms with E-state index in [2.05, 4.69) is 20.9 Å². The van der Waals surface area contributed by atoms with E-state index >= 15 is 0 Å². The Morgan fingerprint density at radius 3 is 2.73 bits per heavy atom. The van der Waals surface area contributed by atoms with E-state index in [1.54, 1.807) is 7.11 Å². The zero-order chi connectivity index (χ0) is 21.5. The van der Waals surface area contributed by atoms with Gasteiger partial charge >= 0.3 is 0 Å². The van der Waals surface area contributed by atoms with Gasteiger partial charge in [-0.05, 0) is 51.0 Å². The summed E-state index contributed by atoms with van der Waals surface area (Å²) in [4.78, 5) is 0. The summed E-state index contributed by atoms with van der Waals surface area (Å²) in [5.74, 6) is 0.662. The first-order valence-electron chi connectivity index (χ1n) is 11.2. The van der Waals surface area contributed by atoms with E-state index < -0.39 is 15.3 Å². The molecule has 3 aliphatic heterocycles. The van der Waals surface area contributed by atoms with Crippen LogP contribution in [0, 0.1) is 11.8 Å². The zero-order valence-corrected chi connectivity index (χ0v) is 19.1. The second-order valence-electron chi connectivity index (χ2n) is 9.40. The summed E-state index contributed by atoms with van der Waals surface area (Å²) < 4.78 is 35.4. The van der Waals surface area contributed by atoms with Gasteiger partial charge < -0.3 is 15.2 Å². The topological polar surface area (TPSA) is 118 Å². The highest BCUT2D eigenvalue weighted by Crippen LogP contribution is 2.33. The smallest absolute Gasteiger partial charge is 0.217 e. The quantitative estimate of drug-likeness (QED) is 0.329. The largest absolute Gasteiger partial charge is 0.393 e. The van der Waals surface area contributed by atoms with Crippen molar-refractivity contribution in [1.29, 1.82) is 0 Å². The molecule has 1 aliphatic carbocycles. The monoisotopic (exact) mass is 446 g/mol. The number of hydrazine groups is 2. The molecule has 0 aromatic rings. The SMILES string of the molecule is COC1CCC2CNN(C)C2C1NS(=O)(=O)C1CNN(C2CC([C@@H](C)O)CCN2)C1. The third-order valence-electron chi connectivity index (χ3n) is 7.57. The lowest BCUT2D eigenvalue weighted by Crippen LogP contribution is -2.61. The van der Waals surface area contributed by atoms with Gasteiger partial charge in [-0.25, -0.2) is 23.2 Å². The first-order valence-corrected chi connectivity index (χ1v) is 12.8. The van der Waals surface area contributed by atoms with Crippen molar-refractivity contribution in [3.63, 3.8) is 0 Å². The fourth-order valence-corrected chi connectivity index (χ4v) is 7.21. The van der Waals surface area contributed by atoms with E-state index in [0.717, 1.165) is 38.8 Å². The molecule has 0 aromatic carbocycles. The second kappa shape index (κ2) is 9.24. The van der Waals surface area contributed by atoms with Crippen LogP contribution in [-0.2, 0) is 14.8 Å². The maximum atomic E-state index is 13.3. The fourth-order valence-electron chi connectivity index (χ4n) is 5.70. The Morgan fingerprint density at radius 1 is 1.20 bits per heavy atom. The normalized spacial score (nSPS) is 42.3. The summed E-state index contributed by atoms with van der Waals surface area (Å²) in [5.41, 5.74) is 6.62. The lowest BCUT2D eigenvalue weighted by Gasteiger charge is -2.41. The number of aliphatic hydroxyl groups excluding tert-OH is 1. The highest BCUT2D eigenvalue weighted by Gasteiger charge is 2.48. The van der Waals surface area contributed by atoms with Gasteiger partial charge in [0, 0.05) is 39.8 Å². The molecule has 5 N–H and O–H groups in total. The van der Waals surface area contributed by atoms with Gasteiger partial charge in [0.25, 0.3) is 0 Å². The number of sulfonamides is 1. The molecule has 0 bridgehead atoms. The Kier molecular flexibility index (Phi) is 7.03. The molecule has 4 aliphatic rings. The van der Waals surface area contributed by atoms with Crippen LogP contribution in [0.15, 0.2) is 0 Å². The minimum atomic E-state index is -3.53. The Morgan fingerprint density at radius 2 is 2.00 bits per heavy atom. The van der Waals surface area contributed by atoms with Gasteiger partial charge in [-0.1, -0.05) is 0 Å². The number of nitrogens with zero attached hydrogens (tertiary/aromatic N) is 2. The number of likely N-dealkylation sites (N-methyl/N-ethyl adjacent to an activating group) is 1. The van der Waals surface area contributed by atoms with E-state index in [1.165, 1.54) is 0 Å².